The highest BCUT2D eigenvalue weighted by Crippen LogP contribution is 2.04. The van der Waals surface area contributed by atoms with Crippen molar-refractivity contribution in [3.8, 4) is 0 Å². The number of hydrogen-bond acceptors (Lipinski definition) is 5. The quantitative estimate of drug-likeness (QED) is 0.550. The Morgan fingerprint density at radius 1 is 0.833 bits per heavy atom. The minimum Gasteiger partial charge on any atom is -0.460 e. The molecule has 0 spiro atoms. The van der Waals surface area contributed by atoms with Crippen molar-refractivity contribution in [2.24, 2.45) is 0 Å². The summed E-state index contributed by atoms with van der Waals surface area (Å²) < 4.78 is 15.7. The molecule has 0 heterocycles. The predicted octanol–water partition coefficient (Wildman–Crippen LogP) is 3.11. The van der Waals surface area contributed by atoms with Crippen LogP contribution in [-0.4, -0.2) is 37.9 Å². The number of carbonyl (C=O) groups is 2. The minimum atomic E-state index is -0.387. The molecule has 24 heavy (non-hydrogen) atoms. The Hall–Kier alpha value is -2.66. The van der Waals surface area contributed by atoms with Crippen LogP contribution in [0.4, 0.5) is 0 Å². The van der Waals surface area contributed by atoms with Crippen LogP contribution in [0.5, 0.6) is 0 Å². The third kappa shape index (κ3) is 5.85. The van der Waals surface area contributed by atoms with Gasteiger partial charge in [0.15, 0.2) is 0 Å². The molecule has 1 atom stereocenters. The molecule has 5 nitrogen and oxygen atoms in total. The second kappa shape index (κ2) is 9.47. The Labute approximate surface area is 141 Å². The van der Waals surface area contributed by atoms with Gasteiger partial charge in [-0.2, -0.15) is 0 Å². The summed E-state index contributed by atoms with van der Waals surface area (Å²) in [6.45, 7) is 2.37. The highest BCUT2D eigenvalue weighted by atomic mass is 16.6. The molecular formula is C19H20O5. The zero-order valence-corrected chi connectivity index (χ0v) is 13.5. The van der Waals surface area contributed by atoms with E-state index in [1.807, 2.05) is 12.1 Å². The molecule has 0 amide bonds. The van der Waals surface area contributed by atoms with Crippen molar-refractivity contribution >= 4 is 11.9 Å². The maximum atomic E-state index is 11.8. The van der Waals surface area contributed by atoms with Gasteiger partial charge in [0.25, 0.3) is 0 Å². The second-order valence-corrected chi connectivity index (χ2v) is 5.16. The number of carbonyl (C=O) groups excluding carboxylic acids is 2. The van der Waals surface area contributed by atoms with E-state index >= 15 is 0 Å². The topological polar surface area (TPSA) is 61.8 Å². The van der Waals surface area contributed by atoms with E-state index in [-0.39, 0.29) is 37.9 Å². The molecule has 0 saturated carbocycles. The fourth-order valence-electron chi connectivity index (χ4n) is 1.96. The van der Waals surface area contributed by atoms with Crippen molar-refractivity contribution < 1.29 is 23.8 Å². The van der Waals surface area contributed by atoms with Gasteiger partial charge in [-0.1, -0.05) is 36.4 Å². The first-order chi connectivity index (χ1) is 11.7. The maximum Gasteiger partial charge on any atom is 0.338 e. The zero-order valence-electron chi connectivity index (χ0n) is 13.5. The Bertz CT molecular complexity index is 639. The number of ether oxygens (including phenoxy) is 3. The summed E-state index contributed by atoms with van der Waals surface area (Å²) in [6, 6.07) is 17.5. The summed E-state index contributed by atoms with van der Waals surface area (Å²) in [6.07, 6.45) is -0.387. The van der Waals surface area contributed by atoms with E-state index in [1.54, 1.807) is 55.5 Å². The van der Waals surface area contributed by atoms with Crippen molar-refractivity contribution in [1.29, 1.82) is 0 Å². The molecule has 0 aliphatic heterocycles. The van der Waals surface area contributed by atoms with E-state index < -0.39 is 0 Å². The number of benzene rings is 2. The first-order valence-electron chi connectivity index (χ1n) is 7.73. The molecule has 2 aromatic rings. The molecule has 2 aromatic carbocycles. The molecule has 0 N–H and O–H groups in total. The molecule has 0 aliphatic carbocycles. The van der Waals surface area contributed by atoms with Gasteiger partial charge in [0.1, 0.15) is 12.7 Å². The molecule has 1 unspecified atom stereocenters. The van der Waals surface area contributed by atoms with Crippen molar-refractivity contribution in [1.82, 2.24) is 0 Å². The van der Waals surface area contributed by atoms with Gasteiger partial charge in [-0.25, -0.2) is 9.59 Å². The molecule has 0 aromatic heterocycles. The Morgan fingerprint density at radius 3 is 1.96 bits per heavy atom. The summed E-state index contributed by atoms with van der Waals surface area (Å²) in [5, 5.41) is 0. The fraction of sp³-hybridized carbons (Fsp3) is 0.263. The van der Waals surface area contributed by atoms with E-state index in [2.05, 4.69) is 0 Å². The zero-order chi connectivity index (χ0) is 17.2. The second-order valence-electron chi connectivity index (χ2n) is 5.16. The Balaban J connectivity index is 1.60. The van der Waals surface area contributed by atoms with Crippen LogP contribution in [0.25, 0.3) is 0 Å². The average molecular weight is 328 g/mol. The standard InChI is InChI=1S/C19H20O5/c1-15(24-19(21)17-10-6-3-7-11-17)14-22-12-13-23-18(20)16-8-4-2-5-9-16/h2-11,15H,12-14H2,1H3. The molecule has 0 fully saturated rings. The number of hydrogen-bond donors (Lipinski definition) is 0. The molecule has 5 heteroatoms. The lowest BCUT2D eigenvalue weighted by Gasteiger charge is -2.13. The monoisotopic (exact) mass is 328 g/mol. The third-order valence-electron chi connectivity index (χ3n) is 3.14. The van der Waals surface area contributed by atoms with Gasteiger partial charge in [0, 0.05) is 0 Å². The average Bonchev–Trinajstić information content (AvgIpc) is 2.62. The van der Waals surface area contributed by atoms with Crippen molar-refractivity contribution in [2.75, 3.05) is 19.8 Å². The minimum absolute atomic E-state index is 0.146. The lowest BCUT2D eigenvalue weighted by atomic mass is 10.2. The SMILES string of the molecule is CC(COCCOC(=O)c1ccccc1)OC(=O)c1ccccc1. The third-order valence-corrected chi connectivity index (χ3v) is 3.14. The van der Waals surface area contributed by atoms with Gasteiger partial charge in [0.05, 0.1) is 24.3 Å². The number of esters is 2. The number of rotatable bonds is 8. The lowest BCUT2D eigenvalue weighted by Crippen LogP contribution is -2.22. The van der Waals surface area contributed by atoms with Crippen LogP contribution in [0.15, 0.2) is 60.7 Å². The molecule has 2 rings (SSSR count). The highest BCUT2D eigenvalue weighted by Gasteiger charge is 2.12. The van der Waals surface area contributed by atoms with Crippen LogP contribution < -0.4 is 0 Å². The van der Waals surface area contributed by atoms with Crippen LogP contribution in [0.1, 0.15) is 27.6 Å². The maximum absolute atomic E-state index is 11.8. The van der Waals surface area contributed by atoms with Crippen molar-refractivity contribution in [3.63, 3.8) is 0 Å². The molecule has 0 saturated heterocycles. The van der Waals surface area contributed by atoms with E-state index in [0.717, 1.165) is 0 Å². The van der Waals surface area contributed by atoms with Crippen LogP contribution >= 0.6 is 0 Å². The fourth-order valence-corrected chi connectivity index (χ4v) is 1.96. The molecule has 0 aliphatic rings. The van der Waals surface area contributed by atoms with E-state index in [1.165, 1.54) is 0 Å². The largest absolute Gasteiger partial charge is 0.460 e. The van der Waals surface area contributed by atoms with Crippen LogP contribution in [0, 0.1) is 0 Å². The normalized spacial score (nSPS) is 11.5. The summed E-state index contributed by atoms with van der Waals surface area (Å²) in [4.78, 5) is 23.5. The van der Waals surface area contributed by atoms with Gasteiger partial charge in [-0.15, -0.1) is 0 Å². The molecule has 126 valence electrons. The van der Waals surface area contributed by atoms with Gasteiger partial charge in [-0.3, -0.25) is 0 Å². The van der Waals surface area contributed by atoms with Crippen LogP contribution in [0.2, 0.25) is 0 Å². The summed E-state index contributed by atoms with van der Waals surface area (Å²) in [5.41, 5.74) is 1.00. The first-order valence-corrected chi connectivity index (χ1v) is 7.73. The van der Waals surface area contributed by atoms with E-state index in [9.17, 15) is 9.59 Å². The van der Waals surface area contributed by atoms with Gasteiger partial charge < -0.3 is 14.2 Å². The summed E-state index contributed by atoms with van der Waals surface area (Å²) in [7, 11) is 0. The summed E-state index contributed by atoms with van der Waals surface area (Å²) >= 11 is 0. The van der Waals surface area contributed by atoms with E-state index in [4.69, 9.17) is 14.2 Å². The van der Waals surface area contributed by atoms with Gasteiger partial charge >= 0.3 is 11.9 Å². The van der Waals surface area contributed by atoms with Crippen molar-refractivity contribution in [2.45, 2.75) is 13.0 Å². The summed E-state index contributed by atoms with van der Waals surface area (Å²) in [5.74, 6) is -0.773. The van der Waals surface area contributed by atoms with Gasteiger partial charge in [0.2, 0.25) is 0 Å². The Kier molecular flexibility index (Phi) is 6.98. The van der Waals surface area contributed by atoms with Crippen LogP contribution in [0.3, 0.4) is 0 Å². The molecule has 0 radical (unpaired) electrons. The Morgan fingerprint density at radius 2 is 1.38 bits per heavy atom. The molecule has 0 bridgehead atoms. The lowest BCUT2D eigenvalue weighted by molar-refractivity contribution is -0.00880. The highest BCUT2D eigenvalue weighted by molar-refractivity contribution is 5.89. The van der Waals surface area contributed by atoms with Crippen LogP contribution in [-0.2, 0) is 14.2 Å². The smallest absolute Gasteiger partial charge is 0.338 e. The predicted molar refractivity (Wildman–Crippen MR) is 88.9 cm³/mol. The van der Waals surface area contributed by atoms with Gasteiger partial charge in [-0.05, 0) is 31.2 Å². The van der Waals surface area contributed by atoms with Crippen molar-refractivity contribution in [3.05, 3.63) is 71.8 Å². The van der Waals surface area contributed by atoms with E-state index in [0.29, 0.717) is 11.1 Å². The first kappa shape index (κ1) is 17.7. The molecular weight excluding hydrogens is 308 g/mol.